The monoisotopic (exact) mass is 287 g/mol. The largest absolute Gasteiger partial charge is 0.357 e. The Bertz CT molecular complexity index is 621. The Labute approximate surface area is 124 Å². The van der Waals surface area contributed by atoms with Gasteiger partial charge in [-0.25, -0.2) is 4.98 Å². The lowest BCUT2D eigenvalue weighted by atomic mass is 9.99. The molecule has 20 heavy (non-hydrogen) atoms. The third-order valence-corrected chi connectivity index (χ3v) is 5.68. The summed E-state index contributed by atoms with van der Waals surface area (Å²) >= 11 is 1.79. The second-order valence-electron chi connectivity index (χ2n) is 6.13. The molecule has 106 valence electrons. The zero-order valence-electron chi connectivity index (χ0n) is 11.9. The Morgan fingerprint density at radius 3 is 3.15 bits per heavy atom. The number of nitrogens with zero attached hydrogens (tertiary/aromatic N) is 2. The molecule has 2 aliphatic rings. The lowest BCUT2D eigenvalue weighted by Gasteiger charge is -2.32. The van der Waals surface area contributed by atoms with Crippen molar-refractivity contribution in [2.24, 2.45) is 0 Å². The maximum atomic E-state index is 4.76. The number of thiazole rings is 1. The SMILES string of the molecule is Cc1ccc2sc(NC3CCN4CCCCC34)nc2c1. The molecule has 0 radical (unpaired) electrons. The molecule has 3 nitrogen and oxygen atoms in total. The highest BCUT2D eigenvalue weighted by Gasteiger charge is 2.35. The van der Waals surface area contributed by atoms with Crippen molar-refractivity contribution in [2.75, 3.05) is 18.4 Å². The van der Waals surface area contributed by atoms with Crippen molar-refractivity contribution in [3.63, 3.8) is 0 Å². The quantitative estimate of drug-likeness (QED) is 0.914. The highest BCUT2D eigenvalue weighted by atomic mass is 32.1. The van der Waals surface area contributed by atoms with Gasteiger partial charge in [0.05, 0.1) is 10.2 Å². The standard InChI is InChI=1S/C16H21N3S/c1-11-5-6-15-13(10-11)18-16(20-15)17-12-7-9-19-8-3-2-4-14(12)19/h5-6,10,12,14H,2-4,7-9H2,1H3,(H,17,18). The lowest BCUT2D eigenvalue weighted by Crippen LogP contribution is -2.41. The molecule has 1 aromatic heterocycles. The molecule has 4 rings (SSSR count). The highest BCUT2D eigenvalue weighted by molar-refractivity contribution is 7.22. The molecule has 1 N–H and O–H groups in total. The van der Waals surface area contributed by atoms with E-state index >= 15 is 0 Å². The van der Waals surface area contributed by atoms with E-state index < -0.39 is 0 Å². The summed E-state index contributed by atoms with van der Waals surface area (Å²) in [5.41, 5.74) is 2.42. The minimum absolute atomic E-state index is 0.594. The number of anilines is 1. The molecule has 2 fully saturated rings. The van der Waals surface area contributed by atoms with Gasteiger partial charge < -0.3 is 5.32 Å². The summed E-state index contributed by atoms with van der Waals surface area (Å²) in [5.74, 6) is 0. The molecule has 2 saturated heterocycles. The van der Waals surface area contributed by atoms with Crippen LogP contribution in [0, 0.1) is 6.92 Å². The maximum absolute atomic E-state index is 4.76. The number of benzene rings is 1. The summed E-state index contributed by atoms with van der Waals surface area (Å²) in [4.78, 5) is 7.43. The van der Waals surface area contributed by atoms with E-state index in [-0.39, 0.29) is 0 Å². The van der Waals surface area contributed by atoms with Gasteiger partial charge >= 0.3 is 0 Å². The summed E-state index contributed by atoms with van der Waals surface area (Å²) in [7, 11) is 0. The Kier molecular flexibility index (Phi) is 3.15. The Morgan fingerprint density at radius 1 is 1.25 bits per heavy atom. The molecule has 0 aliphatic carbocycles. The zero-order valence-corrected chi connectivity index (χ0v) is 12.7. The van der Waals surface area contributed by atoms with Gasteiger partial charge in [-0.05, 0) is 50.4 Å². The Balaban J connectivity index is 1.55. The molecule has 2 unspecified atom stereocenters. The van der Waals surface area contributed by atoms with Crippen LogP contribution in [0.25, 0.3) is 10.2 Å². The van der Waals surface area contributed by atoms with Crippen LogP contribution in [-0.2, 0) is 0 Å². The molecule has 2 aromatic rings. The number of aromatic nitrogens is 1. The minimum Gasteiger partial charge on any atom is -0.357 e. The van der Waals surface area contributed by atoms with Crippen molar-refractivity contribution in [2.45, 2.75) is 44.7 Å². The van der Waals surface area contributed by atoms with E-state index in [1.54, 1.807) is 11.3 Å². The number of fused-ring (bicyclic) bond motifs is 2. The smallest absolute Gasteiger partial charge is 0.184 e. The number of nitrogens with one attached hydrogen (secondary N) is 1. The zero-order chi connectivity index (χ0) is 13.5. The molecule has 1 aromatic carbocycles. The number of aryl methyl sites for hydroxylation is 1. The van der Waals surface area contributed by atoms with Gasteiger partial charge in [0.1, 0.15) is 0 Å². The molecule has 2 atom stereocenters. The van der Waals surface area contributed by atoms with Crippen molar-refractivity contribution >= 4 is 26.7 Å². The van der Waals surface area contributed by atoms with Gasteiger partial charge in [-0.3, -0.25) is 4.90 Å². The summed E-state index contributed by atoms with van der Waals surface area (Å²) in [6.45, 7) is 4.68. The van der Waals surface area contributed by atoms with E-state index in [1.165, 1.54) is 49.0 Å². The number of piperidine rings is 1. The molecule has 0 amide bonds. The maximum Gasteiger partial charge on any atom is 0.184 e. The van der Waals surface area contributed by atoms with Crippen molar-refractivity contribution in [3.8, 4) is 0 Å². The van der Waals surface area contributed by atoms with Crippen LogP contribution in [0.5, 0.6) is 0 Å². The highest BCUT2D eigenvalue weighted by Crippen LogP contribution is 2.32. The molecule has 0 bridgehead atoms. The van der Waals surface area contributed by atoms with Crippen molar-refractivity contribution in [1.29, 1.82) is 0 Å². The normalized spacial score (nSPS) is 26.9. The van der Waals surface area contributed by atoms with Crippen LogP contribution >= 0.6 is 11.3 Å². The number of rotatable bonds is 2. The number of hydrogen-bond donors (Lipinski definition) is 1. The number of hydrogen-bond acceptors (Lipinski definition) is 4. The summed E-state index contributed by atoms with van der Waals surface area (Å²) < 4.78 is 1.29. The first-order valence-electron chi connectivity index (χ1n) is 7.67. The van der Waals surface area contributed by atoms with Crippen molar-refractivity contribution in [3.05, 3.63) is 23.8 Å². The topological polar surface area (TPSA) is 28.2 Å². The van der Waals surface area contributed by atoms with Gasteiger partial charge in [0, 0.05) is 18.6 Å². The molecular formula is C16H21N3S. The van der Waals surface area contributed by atoms with E-state index in [2.05, 4.69) is 35.3 Å². The van der Waals surface area contributed by atoms with E-state index in [9.17, 15) is 0 Å². The van der Waals surface area contributed by atoms with Gasteiger partial charge in [-0.1, -0.05) is 23.8 Å². The van der Waals surface area contributed by atoms with Gasteiger partial charge in [0.25, 0.3) is 0 Å². The van der Waals surface area contributed by atoms with Crippen LogP contribution < -0.4 is 5.32 Å². The van der Waals surface area contributed by atoms with Crippen LogP contribution in [0.1, 0.15) is 31.2 Å². The van der Waals surface area contributed by atoms with Gasteiger partial charge in [-0.15, -0.1) is 0 Å². The molecule has 0 saturated carbocycles. The first-order valence-corrected chi connectivity index (χ1v) is 8.49. The predicted octanol–water partition coefficient (Wildman–Crippen LogP) is 3.64. The van der Waals surface area contributed by atoms with Gasteiger partial charge in [-0.2, -0.15) is 0 Å². The van der Waals surface area contributed by atoms with Crippen molar-refractivity contribution in [1.82, 2.24) is 9.88 Å². The predicted molar refractivity (Wildman–Crippen MR) is 85.6 cm³/mol. The molecule has 3 heterocycles. The fourth-order valence-electron chi connectivity index (χ4n) is 3.67. The van der Waals surface area contributed by atoms with Crippen LogP contribution in [0.15, 0.2) is 18.2 Å². The summed E-state index contributed by atoms with van der Waals surface area (Å²) in [5, 5.41) is 4.81. The van der Waals surface area contributed by atoms with Crippen LogP contribution in [0.2, 0.25) is 0 Å². The van der Waals surface area contributed by atoms with Crippen LogP contribution in [0.3, 0.4) is 0 Å². The van der Waals surface area contributed by atoms with E-state index in [0.717, 1.165) is 16.7 Å². The third-order valence-electron chi connectivity index (χ3n) is 4.71. The van der Waals surface area contributed by atoms with E-state index in [0.29, 0.717) is 6.04 Å². The van der Waals surface area contributed by atoms with Gasteiger partial charge in [0.15, 0.2) is 5.13 Å². The summed E-state index contributed by atoms with van der Waals surface area (Å²) in [6.07, 6.45) is 5.38. The Hall–Kier alpha value is -1.13. The molecule has 0 spiro atoms. The summed E-state index contributed by atoms with van der Waals surface area (Å²) in [6, 6.07) is 7.87. The molecule has 4 heteroatoms. The Morgan fingerprint density at radius 2 is 2.20 bits per heavy atom. The minimum atomic E-state index is 0.594. The fraction of sp³-hybridized carbons (Fsp3) is 0.562. The van der Waals surface area contributed by atoms with Crippen molar-refractivity contribution < 1.29 is 0 Å². The molecular weight excluding hydrogens is 266 g/mol. The average Bonchev–Trinajstić information content (AvgIpc) is 3.03. The van der Waals surface area contributed by atoms with Gasteiger partial charge in [0.2, 0.25) is 0 Å². The van der Waals surface area contributed by atoms with Crippen LogP contribution in [0.4, 0.5) is 5.13 Å². The molecule has 2 aliphatic heterocycles. The lowest BCUT2D eigenvalue weighted by molar-refractivity contribution is 0.193. The first-order chi connectivity index (χ1) is 9.79. The third kappa shape index (κ3) is 2.21. The van der Waals surface area contributed by atoms with Crippen LogP contribution in [-0.4, -0.2) is 35.1 Å². The first kappa shape index (κ1) is 12.6. The van der Waals surface area contributed by atoms with E-state index in [1.807, 2.05) is 0 Å². The average molecular weight is 287 g/mol. The second-order valence-corrected chi connectivity index (χ2v) is 7.16. The fourth-order valence-corrected chi connectivity index (χ4v) is 4.58. The van der Waals surface area contributed by atoms with E-state index in [4.69, 9.17) is 4.98 Å². The second kappa shape index (κ2) is 5.01.